The maximum atomic E-state index is 12.8. The molecule has 0 N–H and O–H groups in total. The first-order chi connectivity index (χ1) is 31.6. The van der Waals surface area contributed by atoms with Crippen LogP contribution in [0.15, 0.2) is 85.1 Å². The van der Waals surface area contributed by atoms with Crippen molar-refractivity contribution in [3.8, 4) is 0 Å². The van der Waals surface area contributed by atoms with Crippen LogP contribution in [0, 0.1) is 0 Å². The summed E-state index contributed by atoms with van der Waals surface area (Å²) in [5.74, 6) is -1.77. The number of ether oxygens (including phenoxy) is 3. The zero-order chi connectivity index (χ0) is 47.7. The van der Waals surface area contributed by atoms with E-state index in [0.29, 0.717) is 12.8 Å². The molecule has 0 saturated carbocycles. The lowest BCUT2D eigenvalue weighted by Gasteiger charge is -2.34. The van der Waals surface area contributed by atoms with Gasteiger partial charge in [-0.05, 0) is 83.5 Å². The summed E-state index contributed by atoms with van der Waals surface area (Å²) in [5, 5.41) is 11.7. The zero-order valence-corrected chi connectivity index (χ0v) is 42.4. The van der Waals surface area contributed by atoms with Gasteiger partial charge in [-0.25, -0.2) is 0 Å². The molecule has 0 heterocycles. The zero-order valence-electron chi connectivity index (χ0n) is 42.4. The second-order valence-electron chi connectivity index (χ2n) is 18.3. The number of allylic oxidation sites excluding steroid dienone is 14. The van der Waals surface area contributed by atoms with Crippen LogP contribution in [0.5, 0.6) is 0 Å². The molecule has 0 radical (unpaired) electrons. The lowest BCUT2D eigenvalue weighted by Crippen LogP contribution is -2.55. The van der Waals surface area contributed by atoms with Gasteiger partial charge in [0.05, 0.1) is 40.3 Å². The molecule has 0 spiro atoms. The Hall–Kier alpha value is -3.49. The van der Waals surface area contributed by atoms with E-state index < -0.39 is 18.1 Å². The summed E-state index contributed by atoms with van der Waals surface area (Å²) < 4.78 is 17.2. The first-order valence-corrected chi connectivity index (χ1v) is 26.1. The second-order valence-corrected chi connectivity index (χ2v) is 18.3. The Labute approximate surface area is 399 Å². The van der Waals surface area contributed by atoms with Crippen LogP contribution in [0.3, 0.4) is 0 Å². The van der Waals surface area contributed by atoms with Gasteiger partial charge in [0.1, 0.15) is 12.6 Å². The van der Waals surface area contributed by atoms with Gasteiger partial charge in [-0.15, -0.1) is 0 Å². The minimum atomic E-state index is -1.13. The Bertz CT molecular complexity index is 1330. The highest BCUT2D eigenvalue weighted by Gasteiger charge is 2.25. The van der Waals surface area contributed by atoms with Gasteiger partial charge in [0.15, 0.2) is 6.10 Å². The Kier molecular flexibility index (Phi) is 44.5. The maximum Gasteiger partial charge on any atom is 0.306 e. The molecule has 65 heavy (non-hydrogen) atoms. The van der Waals surface area contributed by atoms with E-state index in [1.54, 1.807) is 21.1 Å². The van der Waals surface area contributed by atoms with Crippen molar-refractivity contribution in [2.75, 3.05) is 41.0 Å². The van der Waals surface area contributed by atoms with Crippen molar-refractivity contribution in [1.82, 2.24) is 0 Å². The van der Waals surface area contributed by atoms with Gasteiger partial charge < -0.3 is 28.6 Å². The van der Waals surface area contributed by atoms with Crippen LogP contribution in [-0.4, -0.2) is 75.5 Å². The van der Waals surface area contributed by atoms with Crippen molar-refractivity contribution in [3.63, 3.8) is 0 Å². The fourth-order valence-electron chi connectivity index (χ4n) is 7.31. The monoisotopic (exact) mass is 908 g/mol. The minimum Gasteiger partial charge on any atom is -0.544 e. The third-order valence-corrected chi connectivity index (χ3v) is 11.3. The SMILES string of the molecule is CC/C=C/C/C=C/C/C=C/C/C=C/C/C=C/CCCCCCC(=O)OCC(COCCC(C(=O)[O-])[N+](C)(C)C)OC(=O)CCCCCCCCCCCCCCCC/C=C/C/C=C/CC. The lowest BCUT2D eigenvalue weighted by atomic mass is 10.0. The smallest absolute Gasteiger partial charge is 0.306 e. The number of hydrogen-bond donors (Lipinski definition) is 0. The molecule has 0 aromatic carbocycles. The molecule has 2 unspecified atom stereocenters. The topological polar surface area (TPSA) is 102 Å². The summed E-state index contributed by atoms with van der Waals surface area (Å²) in [6, 6.07) is -0.734. The van der Waals surface area contributed by atoms with E-state index in [1.807, 2.05) is 0 Å². The molecule has 0 fully saturated rings. The van der Waals surface area contributed by atoms with Gasteiger partial charge in [0.25, 0.3) is 0 Å². The molecule has 0 bridgehead atoms. The summed E-state index contributed by atoms with van der Waals surface area (Å²) in [7, 11) is 5.40. The highest BCUT2D eigenvalue weighted by atomic mass is 16.6. The quantitative estimate of drug-likeness (QED) is 0.0259. The molecule has 0 saturated heterocycles. The highest BCUT2D eigenvalue weighted by molar-refractivity contribution is 5.70. The first kappa shape index (κ1) is 61.5. The largest absolute Gasteiger partial charge is 0.544 e. The molecule has 0 rings (SSSR count). The van der Waals surface area contributed by atoms with Gasteiger partial charge >= 0.3 is 11.9 Å². The number of aliphatic carboxylic acids is 1. The van der Waals surface area contributed by atoms with Crippen LogP contribution in [0.25, 0.3) is 0 Å². The highest BCUT2D eigenvalue weighted by Crippen LogP contribution is 2.15. The minimum absolute atomic E-state index is 0.0289. The molecule has 372 valence electrons. The number of unbranched alkanes of at least 4 members (excludes halogenated alkanes) is 18. The Balaban J connectivity index is 4.28. The molecule has 0 aliphatic rings. The van der Waals surface area contributed by atoms with Crippen molar-refractivity contribution < 1.29 is 38.2 Å². The van der Waals surface area contributed by atoms with Crippen molar-refractivity contribution in [3.05, 3.63) is 85.1 Å². The van der Waals surface area contributed by atoms with Crippen LogP contribution in [0.2, 0.25) is 0 Å². The normalized spacial score (nSPS) is 13.6. The third-order valence-electron chi connectivity index (χ3n) is 11.3. The molecule has 0 aliphatic heterocycles. The average molecular weight is 908 g/mol. The van der Waals surface area contributed by atoms with E-state index in [1.165, 1.54) is 77.0 Å². The number of nitrogens with zero attached hydrogens (tertiary/aromatic N) is 1. The summed E-state index contributed by atoms with van der Waals surface area (Å²) in [4.78, 5) is 37.1. The molecule has 0 aromatic heterocycles. The molecular formula is C57H97NO7. The summed E-state index contributed by atoms with van der Waals surface area (Å²) in [5.41, 5.74) is 0. The van der Waals surface area contributed by atoms with Gasteiger partial charge in [-0.2, -0.15) is 0 Å². The molecule has 0 amide bonds. The van der Waals surface area contributed by atoms with Crippen molar-refractivity contribution >= 4 is 17.9 Å². The van der Waals surface area contributed by atoms with Crippen LogP contribution < -0.4 is 5.11 Å². The van der Waals surface area contributed by atoms with Gasteiger partial charge in [0, 0.05) is 19.3 Å². The van der Waals surface area contributed by atoms with Gasteiger partial charge in [-0.3, -0.25) is 9.59 Å². The standard InChI is InChI=1S/C57H97NO7/c1-6-8-10-12-14-16-18-20-22-24-26-28-30-32-34-36-38-40-42-44-46-48-56(60)65-53(51-63-50-49-54(57(61)62)58(3,4)5)52-64-55(59)47-45-43-41-39-37-35-33-31-29-27-25-23-21-19-17-15-13-11-9-7-2/h8-11,14-17,21,23,27,29,33,35,53-54H,6-7,12-13,18-20,22,24-26,28,30-32,34,36-52H2,1-5H3/b10-8+,11-9+,16-14+,17-15+,23-21+,29-27+,35-33+. The van der Waals surface area contributed by atoms with Crippen LogP contribution in [0.4, 0.5) is 0 Å². The summed E-state index contributed by atoms with van der Waals surface area (Å²) >= 11 is 0. The van der Waals surface area contributed by atoms with E-state index in [-0.39, 0.29) is 42.7 Å². The van der Waals surface area contributed by atoms with Crippen molar-refractivity contribution in [2.24, 2.45) is 0 Å². The van der Waals surface area contributed by atoms with E-state index in [9.17, 15) is 19.5 Å². The van der Waals surface area contributed by atoms with E-state index in [0.717, 1.165) is 96.3 Å². The number of carboxylic acid groups (broad SMARTS) is 1. The number of likely N-dealkylation sites (N-methyl/N-ethyl adjacent to an activating group) is 1. The number of esters is 2. The van der Waals surface area contributed by atoms with E-state index in [2.05, 4.69) is 98.9 Å². The lowest BCUT2D eigenvalue weighted by molar-refractivity contribution is -0.889. The third kappa shape index (κ3) is 45.5. The molecule has 0 aliphatic carbocycles. The fraction of sp³-hybridized carbons (Fsp3) is 0.702. The Morgan fingerprint density at radius 1 is 0.462 bits per heavy atom. The maximum absolute atomic E-state index is 12.8. The Morgan fingerprint density at radius 2 is 0.815 bits per heavy atom. The first-order valence-electron chi connectivity index (χ1n) is 26.1. The van der Waals surface area contributed by atoms with Crippen LogP contribution in [0.1, 0.15) is 206 Å². The molecule has 2 atom stereocenters. The van der Waals surface area contributed by atoms with E-state index >= 15 is 0 Å². The second kappa shape index (κ2) is 47.0. The molecule has 0 aromatic rings. The van der Waals surface area contributed by atoms with Crippen LogP contribution >= 0.6 is 0 Å². The number of carbonyl (C=O) groups is 3. The van der Waals surface area contributed by atoms with Crippen LogP contribution in [-0.2, 0) is 28.6 Å². The van der Waals surface area contributed by atoms with Crippen molar-refractivity contribution in [1.29, 1.82) is 0 Å². The van der Waals surface area contributed by atoms with Gasteiger partial charge in [0.2, 0.25) is 0 Å². The number of hydrogen-bond acceptors (Lipinski definition) is 7. The average Bonchev–Trinajstić information content (AvgIpc) is 3.27. The molecule has 8 nitrogen and oxygen atoms in total. The summed E-state index contributed by atoms with van der Waals surface area (Å²) in [6.45, 7) is 4.43. The number of carbonyl (C=O) groups excluding carboxylic acids is 3. The molecular weight excluding hydrogens is 811 g/mol. The van der Waals surface area contributed by atoms with Gasteiger partial charge in [-0.1, -0.05) is 189 Å². The fourth-order valence-corrected chi connectivity index (χ4v) is 7.31. The van der Waals surface area contributed by atoms with Crippen molar-refractivity contribution in [2.45, 2.75) is 219 Å². The number of rotatable bonds is 46. The molecule has 8 heteroatoms. The number of quaternary nitrogens is 1. The summed E-state index contributed by atoms with van der Waals surface area (Å²) in [6.07, 6.45) is 61.9. The van der Waals surface area contributed by atoms with E-state index in [4.69, 9.17) is 14.2 Å². The number of carboxylic acids is 1. The predicted octanol–water partition coefficient (Wildman–Crippen LogP) is 13.9. The Morgan fingerprint density at radius 3 is 1.20 bits per heavy atom. The predicted molar refractivity (Wildman–Crippen MR) is 272 cm³/mol.